The summed E-state index contributed by atoms with van der Waals surface area (Å²) in [5, 5.41) is 20.8. The zero-order valence-corrected chi connectivity index (χ0v) is 12.6. The Morgan fingerprint density at radius 2 is 2.00 bits per heavy atom. The van der Waals surface area contributed by atoms with Crippen LogP contribution in [0.3, 0.4) is 0 Å². The summed E-state index contributed by atoms with van der Waals surface area (Å²) in [6, 6.07) is 12.2. The molecule has 22 heavy (non-hydrogen) atoms. The minimum absolute atomic E-state index is 0.320. The second kappa shape index (κ2) is 6.85. The normalized spacial score (nSPS) is 12.5. The van der Waals surface area contributed by atoms with Crippen molar-refractivity contribution in [1.82, 2.24) is 0 Å². The summed E-state index contributed by atoms with van der Waals surface area (Å²) in [7, 11) is 0. The Morgan fingerprint density at radius 1 is 1.27 bits per heavy atom. The van der Waals surface area contributed by atoms with Crippen LogP contribution < -0.4 is 0 Å². The first-order chi connectivity index (χ1) is 10.5. The Labute approximate surface area is 129 Å². The number of nitrogens with zero attached hydrogens (tertiary/aromatic N) is 2. The van der Waals surface area contributed by atoms with Crippen molar-refractivity contribution in [3.63, 3.8) is 0 Å². The highest BCUT2D eigenvalue weighted by atomic mass is 16.6. The number of benzene rings is 2. The molecule has 0 saturated carbocycles. The summed E-state index contributed by atoms with van der Waals surface area (Å²) in [4.78, 5) is 14.6. The molecule has 0 bridgehead atoms. The van der Waals surface area contributed by atoms with Crippen LogP contribution in [0.1, 0.15) is 37.3 Å². The van der Waals surface area contributed by atoms with Gasteiger partial charge in [-0.25, -0.2) is 0 Å². The van der Waals surface area contributed by atoms with Gasteiger partial charge in [0.15, 0.2) is 0 Å². The molecule has 2 rings (SSSR count). The van der Waals surface area contributed by atoms with Gasteiger partial charge in [0.05, 0.1) is 10.6 Å². The van der Waals surface area contributed by atoms with Crippen molar-refractivity contribution in [1.29, 1.82) is 0 Å². The van der Waals surface area contributed by atoms with Crippen LogP contribution in [0.5, 0.6) is 5.75 Å². The molecule has 0 unspecified atom stereocenters. The smallest absolute Gasteiger partial charge is 0.311 e. The Balaban J connectivity index is 2.38. The monoisotopic (exact) mass is 298 g/mol. The molecule has 0 aliphatic carbocycles. The van der Waals surface area contributed by atoms with E-state index >= 15 is 0 Å². The van der Waals surface area contributed by atoms with Gasteiger partial charge in [0.25, 0.3) is 0 Å². The molecule has 0 spiro atoms. The SMILES string of the molecule is CC[C@@H](C)c1ccccc1N=Cc1cccc([N+](=O)[O-])c1O. The van der Waals surface area contributed by atoms with E-state index in [1.54, 1.807) is 6.07 Å². The van der Waals surface area contributed by atoms with Crippen LogP contribution >= 0.6 is 0 Å². The van der Waals surface area contributed by atoms with Gasteiger partial charge in [0.2, 0.25) is 5.75 Å². The fraction of sp³-hybridized carbons (Fsp3) is 0.235. The van der Waals surface area contributed by atoms with Gasteiger partial charge in [-0.3, -0.25) is 15.1 Å². The number of hydrogen-bond donors (Lipinski definition) is 1. The second-order valence-corrected chi connectivity index (χ2v) is 5.10. The number of para-hydroxylation sites is 2. The van der Waals surface area contributed by atoms with Gasteiger partial charge in [0.1, 0.15) is 0 Å². The highest BCUT2D eigenvalue weighted by Crippen LogP contribution is 2.31. The van der Waals surface area contributed by atoms with Crippen molar-refractivity contribution in [2.75, 3.05) is 0 Å². The predicted molar refractivity (Wildman–Crippen MR) is 87.2 cm³/mol. The van der Waals surface area contributed by atoms with E-state index in [0.717, 1.165) is 17.7 Å². The third-order valence-corrected chi connectivity index (χ3v) is 3.67. The molecule has 1 atom stereocenters. The topological polar surface area (TPSA) is 75.7 Å². The van der Waals surface area contributed by atoms with Crippen molar-refractivity contribution in [3.8, 4) is 5.75 Å². The summed E-state index contributed by atoms with van der Waals surface area (Å²) in [5.74, 6) is 0.00401. The summed E-state index contributed by atoms with van der Waals surface area (Å²) < 4.78 is 0. The van der Waals surface area contributed by atoms with Gasteiger partial charge >= 0.3 is 5.69 Å². The fourth-order valence-corrected chi connectivity index (χ4v) is 2.18. The van der Waals surface area contributed by atoms with Crippen molar-refractivity contribution in [3.05, 3.63) is 63.7 Å². The van der Waals surface area contributed by atoms with Crippen molar-refractivity contribution >= 4 is 17.6 Å². The van der Waals surface area contributed by atoms with E-state index in [-0.39, 0.29) is 11.4 Å². The molecule has 5 heteroatoms. The molecule has 0 heterocycles. The van der Waals surface area contributed by atoms with Crippen LogP contribution in [0.25, 0.3) is 0 Å². The highest BCUT2D eigenvalue weighted by molar-refractivity contribution is 5.87. The third kappa shape index (κ3) is 3.31. The van der Waals surface area contributed by atoms with E-state index in [1.165, 1.54) is 18.3 Å². The molecular formula is C17H18N2O3. The molecule has 114 valence electrons. The van der Waals surface area contributed by atoms with Gasteiger partial charge in [-0.2, -0.15) is 0 Å². The summed E-state index contributed by atoms with van der Waals surface area (Å²) in [6.07, 6.45) is 2.46. The quantitative estimate of drug-likeness (QED) is 0.499. The second-order valence-electron chi connectivity index (χ2n) is 5.10. The fourth-order valence-electron chi connectivity index (χ4n) is 2.18. The molecule has 2 aromatic rings. The molecule has 0 amide bonds. The Morgan fingerprint density at radius 3 is 2.68 bits per heavy atom. The Hall–Kier alpha value is -2.69. The number of nitro benzene ring substituents is 1. The van der Waals surface area contributed by atoms with Gasteiger partial charge in [0, 0.05) is 17.8 Å². The lowest BCUT2D eigenvalue weighted by Gasteiger charge is -2.11. The molecule has 5 nitrogen and oxygen atoms in total. The van der Waals surface area contributed by atoms with E-state index in [2.05, 4.69) is 18.8 Å². The first kappa shape index (κ1) is 15.7. The molecule has 1 N–H and O–H groups in total. The maximum absolute atomic E-state index is 10.8. The van der Waals surface area contributed by atoms with Crippen molar-refractivity contribution in [2.45, 2.75) is 26.2 Å². The van der Waals surface area contributed by atoms with E-state index in [4.69, 9.17) is 0 Å². The largest absolute Gasteiger partial charge is 0.502 e. The van der Waals surface area contributed by atoms with E-state index < -0.39 is 4.92 Å². The predicted octanol–water partition coefficient (Wildman–Crippen LogP) is 4.56. The van der Waals surface area contributed by atoms with Gasteiger partial charge < -0.3 is 5.11 Å². The number of hydrogen-bond acceptors (Lipinski definition) is 4. The lowest BCUT2D eigenvalue weighted by atomic mass is 9.97. The number of aliphatic imine (C=N–C) groups is 1. The van der Waals surface area contributed by atoms with Crippen LogP contribution in [0, 0.1) is 10.1 Å². The number of phenolic OH excluding ortho intramolecular Hbond substituents is 1. The van der Waals surface area contributed by atoms with Crippen LogP contribution in [0.4, 0.5) is 11.4 Å². The molecular weight excluding hydrogens is 280 g/mol. The molecule has 0 aliphatic heterocycles. The zero-order chi connectivity index (χ0) is 16.1. The number of rotatable bonds is 5. The van der Waals surface area contributed by atoms with Crippen LogP contribution in [-0.4, -0.2) is 16.2 Å². The number of aromatic hydroxyl groups is 1. The first-order valence-electron chi connectivity index (χ1n) is 7.14. The molecule has 0 aliphatic rings. The van der Waals surface area contributed by atoms with Crippen LogP contribution in [-0.2, 0) is 0 Å². The first-order valence-corrected chi connectivity index (χ1v) is 7.14. The average Bonchev–Trinajstić information content (AvgIpc) is 2.53. The minimum atomic E-state index is -0.611. The van der Waals surface area contributed by atoms with E-state index in [9.17, 15) is 15.2 Å². The number of nitro groups is 1. The van der Waals surface area contributed by atoms with Crippen LogP contribution in [0.2, 0.25) is 0 Å². The maximum atomic E-state index is 10.8. The lowest BCUT2D eigenvalue weighted by Crippen LogP contribution is -1.93. The third-order valence-electron chi connectivity index (χ3n) is 3.67. The van der Waals surface area contributed by atoms with E-state index in [0.29, 0.717) is 11.5 Å². The van der Waals surface area contributed by atoms with Crippen molar-refractivity contribution in [2.24, 2.45) is 4.99 Å². The molecule has 0 fully saturated rings. The molecule has 0 aromatic heterocycles. The molecule has 2 aromatic carbocycles. The van der Waals surface area contributed by atoms with Crippen molar-refractivity contribution < 1.29 is 10.0 Å². The lowest BCUT2D eigenvalue weighted by molar-refractivity contribution is -0.385. The van der Waals surface area contributed by atoms with Gasteiger partial charge in [-0.15, -0.1) is 0 Å². The zero-order valence-electron chi connectivity index (χ0n) is 12.6. The summed E-state index contributed by atoms with van der Waals surface area (Å²) in [6.45, 7) is 4.23. The average molecular weight is 298 g/mol. The molecule has 0 radical (unpaired) electrons. The Bertz CT molecular complexity index is 711. The van der Waals surface area contributed by atoms with Gasteiger partial charge in [-0.1, -0.05) is 38.1 Å². The standard InChI is InChI=1S/C17H18N2O3/c1-3-12(2)14-8-4-5-9-15(14)18-11-13-7-6-10-16(17(13)20)19(21)22/h4-12,20H,3H2,1-2H3/t12-/m1/s1. The van der Waals surface area contributed by atoms with Gasteiger partial charge in [-0.05, 0) is 30.0 Å². The van der Waals surface area contributed by atoms with E-state index in [1.807, 2.05) is 24.3 Å². The summed E-state index contributed by atoms with van der Waals surface area (Å²) >= 11 is 0. The minimum Gasteiger partial charge on any atom is -0.502 e. The Kier molecular flexibility index (Phi) is 4.88. The van der Waals surface area contributed by atoms with Crippen LogP contribution in [0.15, 0.2) is 47.5 Å². The highest BCUT2D eigenvalue weighted by Gasteiger charge is 2.15. The number of phenols is 1. The summed E-state index contributed by atoms with van der Waals surface area (Å²) in [5.41, 5.74) is 1.93. The maximum Gasteiger partial charge on any atom is 0.311 e. The molecule has 0 saturated heterocycles.